The quantitative estimate of drug-likeness (QED) is 0.731. The summed E-state index contributed by atoms with van der Waals surface area (Å²) in [6, 6.07) is 20.6. The molecule has 0 aliphatic rings. The Balaban J connectivity index is 1.98. The molecule has 2 heteroatoms. The van der Waals surface area contributed by atoms with Crippen molar-refractivity contribution in [2.24, 2.45) is 0 Å². The summed E-state index contributed by atoms with van der Waals surface area (Å²) in [5.74, 6) is 0. The lowest BCUT2D eigenvalue weighted by Gasteiger charge is -2.13. The van der Waals surface area contributed by atoms with Crippen LogP contribution in [0.1, 0.15) is 5.56 Å². The summed E-state index contributed by atoms with van der Waals surface area (Å²) in [6.45, 7) is 2.14. The van der Waals surface area contributed by atoms with E-state index in [0.717, 1.165) is 11.4 Å². The summed E-state index contributed by atoms with van der Waals surface area (Å²) < 4.78 is 0. The molecule has 1 aromatic heterocycles. The van der Waals surface area contributed by atoms with Gasteiger partial charge >= 0.3 is 0 Å². The normalized spacial score (nSPS) is 10.2. The number of benzene rings is 2. The third-order valence-electron chi connectivity index (χ3n) is 3.38. The number of hydrogen-bond donors (Lipinski definition) is 1. The zero-order valence-electron chi connectivity index (χ0n) is 11.4. The minimum atomic E-state index is 1.10. The van der Waals surface area contributed by atoms with Gasteiger partial charge in [0.2, 0.25) is 0 Å². The van der Waals surface area contributed by atoms with E-state index in [-0.39, 0.29) is 0 Å². The Morgan fingerprint density at radius 3 is 2.30 bits per heavy atom. The standard InChI is InChI=1S/C18H16N2/c1-14-17(15-10-12-19-13-11-15)8-5-9-18(14)20-16-6-3-2-4-7-16/h2-13,20H,1H3. The molecule has 0 saturated heterocycles. The van der Waals surface area contributed by atoms with Crippen LogP contribution in [-0.2, 0) is 0 Å². The van der Waals surface area contributed by atoms with Gasteiger partial charge in [-0.2, -0.15) is 0 Å². The second-order valence-electron chi connectivity index (χ2n) is 4.71. The monoisotopic (exact) mass is 260 g/mol. The van der Waals surface area contributed by atoms with E-state index in [1.807, 2.05) is 42.7 Å². The topological polar surface area (TPSA) is 24.9 Å². The first-order valence-electron chi connectivity index (χ1n) is 6.67. The van der Waals surface area contributed by atoms with E-state index in [2.05, 4.69) is 47.6 Å². The van der Waals surface area contributed by atoms with Crippen LogP contribution in [0.5, 0.6) is 0 Å². The summed E-state index contributed by atoms with van der Waals surface area (Å²) in [6.07, 6.45) is 3.65. The minimum Gasteiger partial charge on any atom is -0.355 e. The molecule has 0 atom stereocenters. The number of nitrogens with zero attached hydrogens (tertiary/aromatic N) is 1. The highest BCUT2D eigenvalue weighted by Gasteiger charge is 2.06. The van der Waals surface area contributed by atoms with Crippen molar-refractivity contribution in [1.82, 2.24) is 4.98 Å². The second-order valence-corrected chi connectivity index (χ2v) is 4.71. The van der Waals surface area contributed by atoms with Crippen LogP contribution in [-0.4, -0.2) is 4.98 Å². The fraction of sp³-hybridized carbons (Fsp3) is 0.0556. The van der Waals surface area contributed by atoms with Crippen LogP contribution in [0.3, 0.4) is 0 Å². The molecule has 2 aromatic carbocycles. The zero-order chi connectivity index (χ0) is 13.8. The van der Waals surface area contributed by atoms with Gasteiger partial charge in [0.15, 0.2) is 0 Å². The van der Waals surface area contributed by atoms with Crippen molar-refractivity contribution in [3.8, 4) is 11.1 Å². The van der Waals surface area contributed by atoms with Gasteiger partial charge in [-0.05, 0) is 53.9 Å². The number of para-hydroxylation sites is 1. The Labute approximate surface area is 119 Å². The van der Waals surface area contributed by atoms with E-state index < -0.39 is 0 Å². The number of rotatable bonds is 3. The molecule has 0 unspecified atom stereocenters. The highest BCUT2D eigenvalue weighted by Crippen LogP contribution is 2.29. The van der Waals surface area contributed by atoms with Crippen molar-refractivity contribution >= 4 is 11.4 Å². The molecule has 2 nitrogen and oxygen atoms in total. The van der Waals surface area contributed by atoms with Gasteiger partial charge in [-0.25, -0.2) is 0 Å². The van der Waals surface area contributed by atoms with Gasteiger partial charge in [0.25, 0.3) is 0 Å². The molecule has 1 heterocycles. The highest BCUT2D eigenvalue weighted by atomic mass is 14.9. The van der Waals surface area contributed by atoms with E-state index in [1.54, 1.807) is 0 Å². The second kappa shape index (κ2) is 5.57. The molecule has 0 spiro atoms. The Kier molecular flexibility index (Phi) is 3.46. The highest BCUT2D eigenvalue weighted by molar-refractivity contribution is 5.75. The van der Waals surface area contributed by atoms with E-state index >= 15 is 0 Å². The van der Waals surface area contributed by atoms with Crippen LogP contribution >= 0.6 is 0 Å². The number of anilines is 2. The lowest BCUT2D eigenvalue weighted by atomic mass is 10.00. The summed E-state index contributed by atoms with van der Waals surface area (Å²) >= 11 is 0. The van der Waals surface area contributed by atoms with Crippen LogP contribution in [0.25, 0.3) is 11.1 Å². The first-order chi connectivity index (χ1) is 9.84. The third-order valence-corrected chi connectivity index (χ3v) is 3.38. The van der Waals surface area contributed by atoms with Crippen molar-refractivity contribution < 1.29 is 0 Å². The Bertz CT molecular complexity index is 691. The average Bonchev–Trinajstić information content (AvgIpc) is 2.51. The van der Waals surface area contributed by atoms with E-state index in [1.165, 1.54) is 16.7 Å². The fourth-order valence-electron chi connectivity index (χ4n) is 2.29. The van der Waals surface area contributed by atoms with Gasteiger partial charge in [-0.15, -0.1) is 0 Å². The van der Waals surface area contributed by atoms with Gasteiger partial charge in [-0.1, -0.05) is 30.3 Å². The molecular weight excluding hydrogens is 244 g/mol. The molecule has 0 aliphatic heterocycles. The molecule has 0 bridgehead atoms. The maximum Gasteiger partial charge on any atom is 0.0420 e. The van der Waals surface area contributed by atoms with Crippen LogP contribution in [0.15, 0.2) is 73.1 Å². The Hall–Kier alpha value is -2.61. The van der Waals surface area contributed by atoms with E-state index in [0.29, 0.717) is 0 Å². The predicted molar refractivity (Wildman–Crippen MR) is 84.1 cm³/mol. The molecule has 0 aliphatic carbocycles. The molecule has 20 heavy (non-hydrogen) atoms. The van der Waals surface area contributed by atoms with Crippen molar-refractivity contribution in [1.29, 1.82) is 0 Å². The molecule has 0 radical (unpaired) electrons. The maximum atomic E-state index is 4.08. The van der Waals surface area contributed by atoms with Crippen LogP contribution < -0.4 is 5.32 Å². The van der Waals surface area contributed by atoms with Crippen LogP contribution in [0.4, 0.5) is 11.4 Å². The number of pyridine rings is 1. The Morgan fingerprint density at radius 1 is 0.800 bits per heavy atom. The molecule has 0 amide bonds. The third kappa shape index (κ3) is 2.54. The minimum absolute atomic E-state index is 1.10. The molecule has 0 fully saturated rings. The van der Waals surface area contributed by atoms with Gasteiger partial charge < -0.3 is 5.32 Å². The van der Waals surface area contributed by atoms with Gasteiger partial charge in [0.1, 0.15) is 0 Å². The lowest BCUT2D eigenvalue weighted by Crippen LogP contribution is -1.94. The maximum absolute atomic E-state index is 4.08. The van der Waals surface area contributed by atoms with Crippen molar-refractivity contribution in [3.63, 3.8) is 0 Å². The molecule has 3 rings (SSSR count). The lowest BCUT2D eigenvalue weighted by molar-refractivity contribution is 1.32. The summed E-state index contributed by atoms with van der Waals surface area (Å²) in [7, 11) is 0. The molecule has 3 aromatic rings. The SMILES string of the molecule is Cc1c(Nc2ccccc2)cccc1-c1ccncc1. The van der Waals surface area contributed by atoms with Gasteiger partial charge in [0, 0.05) is 23.8 Å². The summed E-state index contributed by atoms with van der Waals surface area (Å²) in [5, 5.41) is 3.47. The van der Waals surface area contributed by atoms with Crippen molar-refractivity contribution in [2.75, 3.05) is 5.32 Å². The molecule has 98 valence electrons. The van der Waals surface area contributed by atoms with E-state index in [9.17, 15) is 0 Å². The number of nitrogens with one attached hydrogen (secondary N) is 1. The largest absolute Gasteiger partial charge is 0.355 e. The average molecular weight is 260 g/mol. The van der Waals surface area contributed by atoms with Gasteiger partial charge in [0.05, 0.1) is 0 Å². The van der Waals surface area contributed by atoms with Crippen LogP contribution in [0.2, 0.25) is 0 Å². The fourth-order valence-corrected chi connectivity index (χ4v) is 2.29. The summed E-state index contributed by atoms with van der Waals surface area (Å²) in [5.41, 5.74) is 5.89. The zero-order valence-corrected chi connectivity index (χ0v) is 11.4. The summed E-state index contributed by atoms with van der Waals surface area (Å²) in [4.78, 5) is 4.08. The smallest absolute Gasteiger partial charge is 0.0420 e. The Morgan fingerprint density at radius 2 is 1.55 bits per heavy atom. The van der Waals surface area contributed by atoms with Crippen molar-refractivity contribution in [2.45, 2.75) is 6.92 Å². The molecule has 1 N–H and O–H groups in total. The number of aromatic nitrogens is 1. The first-order valence-corrected chi connectivity index (χ1v) is 6.67. The van der Waals surface area contributed by atoms with Crippen LogP contribution in [0, 0.1) is 6.92 Å². The first kappa shape index (κ1) is 12.4. The molecule has 0 saturated carbocycles. The van der Waals surface area contributed by atoms with E-state index in [4.69, 9.17) is 0 Å². The van der Waals surface area contributed by atoms with Gasteiger partial charge in [-0.3, -0.25) is 4.98 Å². The number of hydrogen-bond acceptors (Lipinski definition) is 2. The predicted octanol–water partition coefficient (Wildman–Crippen LogP) is 4.80. The molecular formula is C18H16N2. The van der Waals surface area contributed by atoms with Crippen molar-refractivity contribution in [3.05, 3.63) is 78.6 Å².